The Morgan fingerprint density at radius 1 is 1.35 bits per heavy atom. The Bertz CT molecular complexity index is 689. The molecule has 1 saturated heterocycles. The molecular formula is C17H20F2N2O2. The van der Waals surface area contributed by atoms with E-state index in [1.54, 1.807) is 6.26 Å². The first kappa shape index (κ1) is 16.1. The molecule has 1 aliphatic heterocycles. The summed E-state index contributed by atoms with van der Waals surface area (Å²) in [5.41, 5.74) is 1.08. The van der Waals surface area contributed by atoms with E-state index in [-0.39, 0.29) is 17.9 Å². The Labute approximate surface area is 133 Å². The van der Waals surface area contributed by atoms with E-state index in [1.165, 1.54) is 6.07 Å². The molecule has 23 heavy (non-hydrogen) atoms. The van der Waals surface area contributed by atoms with Gasteiger partial charge in [0.05, 0.1) is 5.69 Å². The monoisotopic (exact) mass is 322 g/mol. The standard InChI is InChI=1S/C17H20F2N2O2/c1-17(11-22)5-2-6-21(10-17)8-13-9-23-16(20-13)12-3-4-14(18)15(19)7-12/h3-4,7,9,22H,2,5-6,8,10-11H2,1H3. The first-order valence-electron chi connectivity index (χ1n) is 7.72. The molecule has 0 amide bonds. The van der Waals surface area contributed by atoms with Crippen LogP contribution in [-0.2, 0) is 6.54 Å². The zero-order chi connectivity index (χ0) is 16.4. The molecule has 4 nitrogen and oxygen atoms in total. The Kier molecular flexibility index (Phi) is 4.46. The second-order valence-corrected chi connectivity index (χ2v) is 6.56. The van der Waals surface area contributed by atoms with Gasteiger partial charge in [-0.3, -0.25) is 4.90 Å². The lowest BCUT2D eigenvalue weighted by Crippen LogP contribution is -2.43. The molecular weight excluding hydrogens is 302 g/mol. The Hall–Kier alpha value is -1.79. The summed E-state index contributed by atoms with van der Waals surface area (Å²) >= 11 is 0. The van der Waals surface area contributed by atoms with Crippen molar-refractivity contribution in [2.75, 3.05) is 19.7 Å². The maximum Gasteiger partial charge on any atom is 0.226 e. The predicted octanol–water partition coefficient (Wildman–Crippen LogP) is 3.21. The van der Waals surface area contributed by atoms with Gasteiger partial charge in [0.2, 0.25) is 5.89 Å². The summed E-state index contributed by atoms with van der Waals surface area (Å²) in [6.45, 7) is 4.61. The van der Waals surface area contributed by atoms with Crippen LogP contribution in [0.2, 0.25) is 0 Å². The summed E-state index contributed by atoms with van der Waals surface area (Å²) in [7, 11) is 0. The molecule has 0 radical (unpaired) electrons. The van der Waals surface area contributed by atoms with E-state index in [9.17, 15) is 13.9 Å². The molecule has 3 rings (SSSR count). The van der Waals surface area contributed by atoms with E-state index >= 15 is 0 Å². The minimum Gasteiger partial charge on any atom is -0.444 e. The third-order valence-corrected chi connectivity index (χ3v) is 4.35. The number of halogens is 2. The topological polar surface area (TPSA) is 49.5 Å². The fourth-order valence-corrected chi connectivity index (χ4v) is 3.06. The highest BCUT2D eigenvalue weighted by Crippen LogP contribution is 2.30. The van der Waals surface area contributed by atoms with Crippen molar-refractivity contribution in [3.63, 3.8) is 0 Å². The number of benzene rings is 1. The van der Waals surface area contributed by atoms with Crippen LogP contribution in [0.5, 0.6) is 0 Å². The van der Waals surface area contributed by atoms with E-state index in [0.29, 0.717) is 12.1 Å². The molecule has 1 fully saturated rings. The van der Waals surface area contributed by atoms with Crippen LogP contribution in [0.1, 0.15) is 25.5 Å². The first-order valence-corrected chi connectivity index (χ1v) is 7.72. The number of aliphatic hydroxyl groups excluding tert-OH is 1. The molecule has 1 N–H and O–H groups in total. The molecule has 0 spiro atoms. The SMILES string of the molecule is CC1(CO)CCCN(Cc2coc(-c3ccc(F)c(F)c3)n2)C1. The fraction of sp³-hybridized carbons (Fsp3) is 0.471. The minimum atomic E-state index is -0.919. The molecule has 0 bridgehead atoms. The second-order valence-electron chi connectivity index (χ2n) is 6.56. The van der Waals surface area contributed by atoms with Crippen LogP contribution in [0.25, 0.3) is 11.5 Å². The van der Waals surface area contributed by atoms with Gasteiger partial charge in [-0.2, -0.15) is 0 Å². The molecule has 1 atom stereocenters. The number of aliphatic hydroxyl groups is 1. The molecule has 2 heterocycles. The van der Waals surface area contributed by atoms with Crippen molar-refractivity contribution < 1.29 is 18.3 Å². The van der Waals surface area contributed by atoms with E-state index in [4.69, 9.17) is 4.42 Å². The third-order valence-electron chi connectivity index (χ3n) is 4.35. The van der Waals surface area contributed by atoms with Crippen molar-refractivity contribution in [3.05, 3.63) is 41.8 Å². The largest absolute Gasteiger partial charge is 0.444 e. The van der Waals surface area contributed by atoms with E-state index < -0.39 is 11.6 Å². The van der Waals surface area contributed by atoms with Gasteiger partial charge < -0.3 is 9.52 Å². The van der Waals surface area contributed by atoms with Crippen molar-refractivity contribution in [1.29, 1.82) is 0 Å². The molecule has 6 heteroatoms. The molecule has 1 aromatic heterocycles. The van der Waals surface area contributed by atoms with Crippen molar-refractivity contribution in [3.8, 4) is 11.5 Å². The zero-order valence-corrected chi connectivity index (χ0v) is 13.1. The molecule has 0 saturated carbocycles. The zero-order valence-electron chi connectivity index (χ0n) is 13.1. The molecule has 124 valence electrons. The lowest BCUT2D eigenvalue weighted by Gasteiger charge is -2.38. The quantitative estimate of drug-likeness (QED) is 0.939. The second kappa shape index (κ2) is 6.37. The number of likely N-dealkylation sites (tertiary alicyclic amines) is 1. The lowest BCUT2D eigenvalue weighted by molar-refractivity contribution is 0.0423. The molecule has 2 aromatic rings. The van der Waals surface area contributed by atoms with Crippen LogP contribution < -0.4 is 0 Å². The van der Waals surface area contributed by atoms with Gasteiger partial charge in [0.15, 0.2) is 11.6 Å². The highest BCUT2D eigenvalue weighted by atomic mass is 19.2. The minimum absolute atomic E-state index is 0.0785. The number of aromatic nitrogens is 1. The summed E-state index contributed by atoms with van der Waals surface area (Å²) < 4.78 is 31.7. The first-order chi connectivity index (χ1) is 11.0. The average Bonchev–Trinajstić information content (AvgIpc) is 2.98. The maximum atomic E-state index is 13.3. The van der Waals surface area contributed by atoms with E-state index in [2.05, 4.69) is 16.8 Å². The van der Waals surface area contributed by atoms with Crippen molar-refractivity contribution in [2.45, 2.75) is 26.3 Å². The summed E-state index contributed by atoms with van der Waals surface area (Å²) in [4.78, 5) is 6.59. The van der Waals surface area contributed by atoms with E-state index in [0.717, 1.165) is 43.8 Å². The average molecular weight is 322 g/mol. The Balaban J connectivity index is 1.71. The van der Waals surface area contributed by atoms with Gasteiger partial charge in [0, 0.05) is 30.7 Å². The number of oxazole rings is 1. The summed E-state index contributed by atoms with van der Waals surface area (Å²) in [6.07, 6.45) is 3.59. The highest BCUT2D eigenvalue weighted by molar-refractivity contribution is 5.53. The number of hydrogen-bond donors (Lipinski definition) is 1. The predicted molar refractivity (Wildman–Crippen MR) is 81.6 cm³/mol. The van der Waals surface area contributed by atoms with Crippen LogP contribution in [-0.4, -0.2) is 34.7 Å². The van der Waals surface area contributed by atoms with Gasteiger partial charge >= 0.3 is 0 Å². The van der Waals surface area contributed by atoms with Crippen molar-refractivity contribution >= 4 is 0 Å². The molecule has 1 aliphatic rings. The molecule has 1 unspecified atom stereocenters. The fourth-order valence-electron chi connectivity index (χ4n) is 3.06. The Morgan fingerprint density at radius 3 is 2.91 bits per heavy atom. The number of hydrogen-bond acceptors (Lipinski definition) is 4. The van der Waals surface area contributed by atoms with Crippen molar-refractivity contribution in [2.24, 2.45) is 5.41 Å². The van der Waals surface area contributed by atoms with E-state index in [1.807, 2.05) is 0 Å². The number of rotatable bonds is 4. The van der Waals surface area contributed by atoms with Gasteiger partial charge in [-0.15, -0.1) is 0 Å². The van der Waals surface area contributed by atoms with Gasteiger partial charge in [0.1, 0.15) is 6.26 Å². The normalized spacial score (nSPS) is 22.4. The molecule has 1 aromatic carbocycles. The lowest BCUT2D eigenvalue weighted by atomic mass is 9.83. The summed E-state index contributed by atoms with van der Waals surface area (Å²) in [6, 6.07) is 3.58. The summed E-state index contributed by atoms with van der Waals surface area (Å²) in [5.74, 6) is -1.53. The van der Waals surface area contributed by atoms with Crippen LogP contribution in [0.4, 0.5) is 8.78 Å². The van der Waals surface area contributed by atoms with Crippen molar-refractivity contribution in [1.82, 2.24) is 9.88 Å². The Morgan fingerprint density at radius 2 is 2.17 bits per heavy atom. The smallest absolute Gasteiger partial charge is 0.226 e. The maximum absolute atomic E-state index is 13.3. The van der Waals surface area contributed by atoms with Gasteiger partial charge in [-0.1, -0.05) is 6.92 Å². The molecule has 0 aliphatic carbocycles. The van der Waals surface area contributed by atoms with Gasteiger partial charge in [0.25, 0.3) is 0 Å². The van der Waals surface area contributed by atoms with Crippen LogP contribution in [0.3, 0.4) is 0 Å². The highest BCUT2D eigenvalue weighted by Gasteiger charge is 2.30. The van der Waals surface area contributed by atoms with Gasteiger partial charge in [-0.05, 0) is 37.6 Å². The van der Waals surface area contributed by atoms with Crippen LogP contribution in [0, 0.1) is 17.0 Å². The summed E-state index contributed by atoms with van der Waals surface area (Å²) in [5, 5.41) is 9.51. The van der Waals surface area contributed by atoms with Gasteiger partial charge in [-0.25, -0.2) is 13.8 Å². The third kappa shape index (κ3) is 3.59. The number of piperidine rings is 1. The number of nitrogens with zero attached hydrogens (tertiary/aromatic N) is 2. The van der Waals surface area contributed by atoms with Crippen LogP contribution >= 0.6 is 0 Å². The van der Waals surface area contributed by atoms with Crippen LogP contribution in [0.15, 0.2) is 28.9 Å².